The van der Waals surface area contributed by atoms with Crippen LogP contribution in [0, 0.1) is 0 Å². The first kappa shape index (κ1) is 10.2. The third-order valence-corrected chi connectivity index (χ3v) is 2.69. The summed E-state index contributed by atoms with van der Waals surface area (Å²) in [6.45, 7) is 0. The standard InChI is InChI=1S/C11H11BrN2O/c1-15-11-5-3-2-4-10(11)14-7-6-9(8-12)13-14/h2-7H,8H2,1H3. The van der Waals surface area contributed by atoms with Gasteiger partial charge in [-0.15, -0.1) is 0 Å². The number of para-hydroxylation sites is 2. The van der Waals surface area contributed by atoms with Crippen LogP contribution in [-0.2, 0) is 5.33 Å². The van der Waals surface area contributed by atoms with Crippen LogP contribution in [0.4, 0.5) is 0 Å². The van der Waals surface area contributed by atoms with Crippen molar-refractivity contribution >= 4 is 15.9 Å². The van der Waals surface area contributed by atoms with Crippen molar-refractivity contribution in [3.63, 3.8) is 0 Å². The number of halogens is 1. The van der Waals surface area contributed by atoms with Gasteiger partial charge in [0.25, 0.3) is 0 Å². The molecule has 2 aromatic rings. The van der Waals surface area contributed by atoms with E-state index in [4.69, 9.17) is 4.74 Å². The highest BCUT2D eigenvalue weighted by Crippen LogP contribution is 2.21. The predicted octanol–water partition coefficient (Wildman–Crippen LogP) is 2.78. The summed E-state index contributed by atoms with van der Waals surface area (Å²) in [4.78, 5) is 0. The Hall–Kier alpha value is -1.29. The smallest absolute Gasteiger partial charge is 0.144 e. The largest absolute Gasteiger partial charge is 0.494 e. The number of benzene rings is 1. The number of hydrogen-bond acceptors (Lipinski definition) is 2. The van der Waals surface area contributed by atoms with E-state index in [2.05, 4.69) is 21.0 Å². The summed E-state index contributed by atoms with van der Waals surface area (Å²) in [7, 11) is 1.66. The third-order valence-electron chi connectivity index (χ3n) is 2.11. The SMILES string of the molecule is COc1ccccc1-n1ccc(CBr)n1. The summed E-state index contributed by atoms with van der Waals surface area (Å²) in [5, 5.41) is 5.16. The molecule has 3 nitrogen and oxygen atoms in total. The zero-order valence-corrected chi connectivity index (χ0v) is 9.94. The van der Waals surface area contributed by atoms with Gasteiger partial charge >= 0.3 is 0 Å². The normalized spacial score (nSPS) is 10.3. The monoisotopic (exact) mass is 266 g/mol. The Morgan fingerprint density at radius 2 is 2.13 bits per heavy atom. The van der Waals surface area contributed by atoms with Crippen molar-refractivity contribution in [1.82, 2.24) is 9.78 Å². The van der Waals surface area contributed by atoms with Crippen LogP contribution in [0.25, 0.3) is 5.69 Å². The van der Waals surface area contributed by atoms with E-state index in [1.165, 1.54) is 0 Å². The number of nitrogens with zero attached hydrogens (tertiary/aromatic N) is 2. The number of hydrogen-bond donors (Lipinski definition) is 0. The average molecular weight is 267 g/mol. The van der Waals surface area contributed by atoms with E-state index >= 15 is 0 Å². The molecule has 15 heavy (non-hydrogen) atoms. The third kappa shape index (κ3) is 2.04. The second-order valence-electron chi connectivity index (χ2n) is 3.06. The summed E-state index contributed by atoms with van der Waals surface area (Å²) in [6.07, 6.45) is 1.93. The fourth-order valence-corrected chi connectivity index (χ4v) is 1.69. The lowest BCUT2D eigenvalue weighted by atomic mass is 10.3. The van der Waals surface area contributed by atoms with Crippen molar-refractivity contribution < 1.29 is 4.74 Å². The van der Waals surface area contributed by atoms with Gasteiger partial charge in [-0.1, -0.05) is 28.1 Å². The van der Waals surface area contributed by atoms with Crippen molar-refractivity contribution in [3.8, 4) is 11.4 Å². The maximum atomic E-state index is 5.27. The molecule has 0 aliphatic carbocycles. The Morgan fingerprint density at radius 1 is 1.33 bits per heavy atom. The van der Waals surface area contributed by atoms with E-state index in [1.54, 1.807) is 7.11 Å². The molecule has 0 aliphatic heterocycles. The van der Waals surface area contributed by atoms with Crippen molar-refractivity contribution in [2.24, 2.45) is 0 Å². The predicted molar refractivity (Wildman–Crippen MR) is 62.7 cm³/mol. The Balaban J connectivity index is 2.44. The van der Waals surface area contributed by atoms with Crippen LogP contribution in [0.1, 0.15) is 5.69 Å². The summed E-state index contributed by atoms with van der Waals surface area (Å²) in [5.41, 5.74) is 1.95. The lowest BCUT2D eigenvalue weighted by Gasteiger charge is -2.07. The van der Waals surface area contributed by atoms with Crippen LogP contribution in [-0.4, -0.2) is 16.9 Å². The summed E-state index contributed by atoms with van der Waals surface area (Å²) >= 11 is 3.37. The molecule has 1 aromatic heterocycles. The van der Waals surface area contributed by atoms with Crippen molar-refractivity contribution in [3.05, 3.63) is 42.2 Å². The summed E-state index contributed by atoms with van der Waals surface area (Å²) in [6, 6.07) is 9.78. The van der Waals surface area contributed by atoms with Gasteiger partial charge in [0.1, 0.15) is 11.4 Å². The van der Waals surface area contributed by atoms with Gasteiger partial charge in [-0.2, -0.15) is 5.10 Å². The summed E-state index contributed by atoms with van der Waals surface area (Å²) in [5.74, 6) is 0.821. The Morgan fingerprint density at radius 3 is 2.80 bits per heavy atom. The van der Waals surface area contributed by atoms with E-state index in [0.29, 0.717) is 0 Å². The van der Waals surface area contributed by atoms with E-state index in [1.807, 2.05) is 41.2 Å². The molecule has 0 amide bonds. The second kappa shape index (κ2) is 4.49. The molecule has 0 atom stereocenters. The average Bonchev–Trinajstić information content (AvgIpc) is 2.77. The van der Waals surface area contributed by atoms with E-state index in [-0.39, 0.29) is 0 Å². The van der Waals surface area contributed by atoms with Crippen LogP contribution in [0.15, 0.2) is 36.5 Å². The molecule has 78 valence electrons. The van der Waals surface area contributed by atoms with E-state index in [0.717, 1.165) is 22.5 Å². The van der Waals surface area contributed by atoms with Gasteiger partial charge in [0.2, 0.25) is 0 Å². The minimum Gasteiger partial charge on any atom is -0.494 e. The molecule has 1 heterocycles. The van der Waals surface area contributed by atoms with Gasteiger partial charge in [-0.3, -0.25) is 0 Å². The number of ether oxygens (including phenoxy) is 1. The molecule has 0 saturated carbocycles. The lowest BCUT2D eigenvalue weighted by molar-refractivity contribution is 0.411. The molecule has 2 rings (SSSR count). The fourth-order valence-electron chi connectivity index (χ4n) is 1.39. The minimum absolute atomic E-state index is 0.759. The molecule has 0 radical (unpaired) electrons. The zero-order valence-electron chi connectivity index (χ0n) is 8.35. The van der Waals surface area contributed by atoms with Gasteiger partial charge in [-0.05, 0) is 18.2 Å². The molecule has 0 bridgehead atoms. The second-order valence-corrected chi connectivity index (χ2v) is 3.62. The van der Waals surface area contributed by atoms with E-state index < -0.39 is 0 Å². The topological polar surface area (TPSA) is 27.1 Å². The van der Waals surface area contributed by atoms with Crippen LogP contribution in [0.2, 0.25) is 0 Å². The van der Waals surface area contributed by atoms with Gasteiger partial charge in [-0.25, -0.2) is 4.68 Å². The highest BCUT2D eigenvalue weighted by molar-refractivity contribution is 9.08. The first-order chi connectivity index (χ1) is 7.35. The van der Waals surface area contributed by atoms with Crippen molar-refractivity contribution in [1.29, 1.82) is 0 Å². The molecule has 4 heteroatoms. The minimum atomic E-state index is 0.759. The molecule has 0 fully saturated rings. The molecule has 0 saturated heterocycles. The van der Waals surface area contributed by atoms with Crippen molar-refractivity contribution in [2.45, 2.75) is 5.33 Å². The Labute approximate surface area is 96.8 Å². The fraction of sp³-hybridized carbons (Fsp3) is 0.182. The van der Waals surface area contributed by atoms with Gasteiger partial charge < -0.3 is 4.74 Å². The molecule has 0 unspecified atom stereocenters. The number of rotatable bonds is 3. The summed E-state index contributed by atoms with van der Waals surface area (Å²) < 4.78 is 7.08. The van der Waals surface area contributed by atoms with E-state index in [9.17, 15) is 0 Å². The number of alkyl halides is 1. The maximum absolute atomic E-state index is 5.27. The highest BCUT2D eigenvalue weighted by atomic mass is 79.9. The molecular weight excluding hydrogens is 256 g/mol. The van der Waals surface area contributed by atoms with Gasteiger partial charge in [0.15, 0.2) is 0 Å². The molecular formula is C11H11BrN2O. The number of methoxy groups -OCH3 is 1. The van der Waals surface area contributed by atoms with Crippen LogP contribution >= 0.6 is 15.9 Å². The molecule has 0 spiro atoms. The van der Waals surface area contributed by atoms with Gasteiger partial charge in [0.05, 0.1) is 12.8 Å². The van der Waals surface area contributed by atoms with Crippen LogP contribution in [0.5, 0.6) is 5.75 Å². The van der Waals surface area contributed by atoms with Gasteiger partial charge in [0, 0.05) is 11.5 Å². The highest BCUT2D eigenvalue weighted by Gasteiger charge is 2.05. The first-order valence-electron chi connectivity index (χ1n) is 4.59. The van der Waals surface area contributed by atoms with Crippen LogP contribution < -0.4 is 4.74 Å². The Kier molecular flexibility index (Phi) is 3.06. The van der Waals surface area contributed by atoms with Crippen LogP contribution in [0.3, 0.4) is 0 Å². The Bertz CT molecular complexity index is 453. The number of aromatic nitrogens is 2. The first-order valence-corrected chi connectivity index (χ1v) is 5.71. The van der Waals surface area contributed by atoms with Crippen molar-refractivity contribution in [2.75, 3.05) is 7.11 Å². The quantitative estimate of drug-likeness (QED) is 0.799. The lowest BCUT2D eigenvalue weighted by Crippen LogP contribution is -1.98. The molecule has 1 aromatic carbocycles. The maximum Gasteiger partial charge on any atom is 0.144 e. The molecule has 0 aliphatic rings. The molecule has 0 N–H and O–H groups in total. The zero-order chi connectivity index (χ0) is 10.7.